The Morgan fingerprint density at radius 1 is 1.29 bits per heavy atom. The van der Waals surface area contributed by atoms with Crippen molar-refractivity contribution in [3.05, 3.63) is 45.4 Å². The normalized spacial score (nSPS) is 15.3. The predicted octanol–water partition coefficient (Wildman–Crippen LogP) is 4.79. The smallest absolute Gasteiger partial charge is 0.192 e. The van der Waals surface area contributed by atoms with Gasteiger partial charge in [-0.05, 0) is 58.2 Å². The molecule has 0 bridgehead atoms. The number of aryl methyl sites for hydroxylation is 2. The Bertz CT molecular complexity index is 763. The summed E-state index contributed by atoms with van der Waals surface area (Å²) in [6.45, 7) is 12.2. The number of hydrogen-bond donors (Lipinski definition) is 2. The average Bonchev–Trinajstić information content (AvgIpc) is 3.30. The lowest BCUT2D eigenvalue weighted by Gasteiger charge is -2.22. The van der Waals surface area contributed by atoms with Crippen molar-refractivity contribution < 1.29 is 0 Å². The molecule has 0 radical (unpaired) electrons. The Labute approximate surface area is 190 Å². The fourth-order valence-corrected chi connectivity index (χ4v) is 4.19. The number of thiazole rings is 1. The molecule has 0 aliphatic carbocycles. The summed E-state index contributed by atoms with van der Waals surface area (Å²) in [5.41, 5.74) is 3.72. The van der Waals surface area contributed by atoms with E-state index in [9.17, 15) is 0 Å². The monoisotopic (exact) mass is 513 g/mol. The van der Waals surface area contributed by atoms with Crippen LogP contribution in [-0.2, 0) is 6.54 Å². The van der Waals surface area contributed by atoms with Crippen LogP contribution in [0.3, 0.4) is 0 Å². The molecule has 0 spiro atoms. The molecule has 28 heavy (non-hydrogen) atoms. The zero-order chi connectivity index (χ0) is 19.2. The fraction of sp³-hybridized carbons (Fsp3) is 0.524. The van der Waals surface area contributed by atoms with Gasteiger partial charge < -0.3 is 15.5 Å². The number of anilines is 1. The van der Waals surface area contributed by atoms with E-state index >= 15 is 0 Å². The Balaban J connectivity index is 0.00000280. The molecule has 1 fully saturated rings. The number of nitrogens with one attached hydrogen (secondary N) is 2. The van der Waals surface area contributed by atoms with E-state index in [1.807, 2.05) is 0 Å². The summed E-state index contributed by atoms with van der Waals surface area (Å²) in [6.07, 6.45) is 2.59. The summed E-state index contributed by atoms with van der Waals surface area (Å²) >= 11 is 1.73. The third-order valence-electron chi connectivity index (χ3n) is 4.98. The lowest BCUT2D eigenvalue weighted by molar-refractivity contribution is 0.686. The lowest BCUT2D eigenvalue weighted by Crippen LogP contribution is -2.38. The zero-order valence-electron chi connectivity index (χ0n) is 17.3. The molecular weight excluding hydrogens is 481 g/mol. The van der Waals surface area contributed by atoms with Crippen LogP contribution in [0.1, 0.15) is 53.9 Å². The van der Waals surface area contributed by atoms with E-state index in [-0.39, 0.29) is 30.0 Å². The quantitative estimate of drug-likeness (QED) is 0.331. The first-order valence-electron chi connectivity index (χ1n) is 9.89. The molecule has 0 amide bonds. The van der Waals surface area contributed by atoms with Crippen molar-refractivity contribution >= 4 is 47.0 Å². The number of aromatic nitrogens is 1. The van der Waals surface area contributed by atoms with Gasteiger partial charge >= 0.3 is 0 Å². The highest BCUT2D eigenvalue weighted by molar-refractivity contribution is 14.0. The van der Waals surface area contributed by atoms with E-state index in [1.54, 1.807) is 11.3 Å². The number of hydrogen-bond acceptors (Lipinski definition) is 4. The first kappa shape index (κ1) is 22.9. The third-order valence-corrected chi connectivity index (χ3v) is 6.04. The van der Waals surface area contributed by atoms with E-state index in [0.29, 0.717) is 6.54 Å². The van der Waals surface area contributed by atoms with Crippen LogP contribution < -0.4 is 15.5 Å². The minimum absolute atomic E-state index is 0. The summed E-state index contributed by atoms with van der Waals surface area (Å²) in [5, 5.41) is 7.95. The van der Waals surface area contributed by atoms with Gasteiger partial charge in [-0.25, -0.2) is 9.98 Å². The highest BCUT2D eigenvalue weighted by Crippen LogP contribution is 2.24. The Morgan fingerprint density at radius 3 is 2.68 bits per heavy atom. The van der Waals surface area contributed by atoms with Crippen LogP contribution in [0.2, 0.25) is 0 Å². The molecule has 1 aromatic carbocycles. The van der Waals surface area contributed by atoms with Crippen molar-refractivity contribution in [1.82, 2.24) is 15.6 Å². The van der Waals surface area contributed by atoms with Crippen molar-refractivity contribution in [2.45, 2.75) is 53.1 Å². The van der Waals surface area contributed by atoms with Crippen LogP contribution in [-0.4, -0.2) is 30.6 Å². The van der Waals surface area contributed by atoms with Gasteiger partial charge in [0.2, 0.25) is 0 Å². The maximum atomic E-state index is 4.74. The predicted molar refractivity (Wildman–Crippen MR) is 131 cm³/mol. The van der Waals surface area contributed by atoms with Crippen LogP contribution in [0.5, 0.6) is 0 Å². The minimum Gasteiger partial charge on any atom is -0.372 e. The van der Waals surface area contributed by atoms with E-state index in [4.69, 9.17) is 4.99 Å². The zero-order valence-corrected chi connectivity index (χ0v) is 20.4. The SMILES string of the molecule is CCNC(=NCc1nc(C)c(C)s1)NC(C)c1cccc(N2CCCC2)c1.I. The number of rotatable bonds is 6. The van der Waals surface area contributed by atoms with Crippen LogP contribution >= 0.6 is 35.3 Å². The van der Waals surface area contributed by atoms with E-state index in [0.717, 1.165) is 23.2 Å². The number of halogens is 1. The van der Waals surface area contributed by atoms with E-state index < -0.39 is 0 Å². The molecule has 1 saturated heterocycles. The lowest BCUT2D eigenvalue weighted by atomic mass is 10.1. The minimum atomic E-state index is 0. The van der Waals surface area contributed by atoms with Gasteiger partial charge in [-0.2, -0.15) is 0 Å². The molecule has 7 heteroatoms. The van der Waals surface area contributed by atoms with Crippen molar-refractivity contribution in [1.29, 1.82) is 0 Å². The van der Waals surface area contributed by atoms with Crippen molar-refractivity contribution in [2.24, 2.45) is 4.99 Å². The summed E-state index contributed by atoms with van der Waals surface area (Å²) in [4.78, 5) is 13.1. The Morgan fingerprint density at radius 2 is 2.04 bits per heavy atom. The van der Waals surface area contributed by atoms with Gasteiger partial charge in [0.15, 0.2) is 5.96 Å². The molecule has 1 unspecified atom stereocenters. The molecule has 0 saturated carbocycles. The molecule has 2 N–H and O–H groups in total. The number of benzene rings is 1. The van der Waals surface area contributed by atoms with Gasteiger partial charge in [-0.3, -0.25) is 0 Å². The highest BCUT2D eigenvalue weighted by Gasteiger charge is 2.14. The van der Waals surface area contributed by atoms with Gasteiger partial charge in [0.1, 0.15) is 5.01 Å². The summed E-state index contributed by atoms with van der Waals surface area (Å²) < 4.78 is 0. The molecular formula is C21H32IN5S. The van der Waals surface area contributed by atoms with Gasteiger partial charge in [0, 0.05) is 30.2 Å². The van der Waals surface area contributed by atoms with Crippen molar-refractivity contribution in [2.75, 3.05) is 24.5 Å². The van der Waals surface area contributed by atoms with Gasteiger partial charge in [0.25, 0.3) is 0 Å². The summed E-state index contributed by atoms with van der Waals surface area (Å²) in [7, 11) is 0. The largest absolute Gasteiger partial charge is 0.372 e. The number of aliphatic imine (C=N–C) groups is 1. The molecule has 1 aliphatic rings. The topological polar surface area (TPSA) is 52.6 Å². The molecule has 2 aromatic rings. The molecule has 1 aromatic heterocycles. The van der Waals surface area contributed by atoms with Crippen LogP contribution in [0.4, 0.5) is 5.69 Å². The molecule has 3 rings (SSSR count). The molecule has 5 nitrogen and oxygen atoms in total. The van der Waals surface area contributed by atoms with Crippen LogP contribution in [0, 0.1) is 13.8 Å². The second-order valence-electron chi connectivity index (χ2n) is 7.10. The second kappa shape index (κ2) is 11.0. The van der Waals surface area contributed by atoms with Gasteiger partial charge in [0.05, 0.1) is 18.3 Å². The van der Waals surface area contributed by atoms with Crippen molar-refractivity contribution in [3.8, 4) is 0 Å². The maximum Gasteiger partial charge on any atom is 0.192 e. The first-order chi connectivity index (χ1) is 13.1. The van der Waals surface area contributed by atoms with Gasteiger partial charge in [-0.15, -0.1) is 35.3 Å². The standard InChI is InChI=1S/C21H31N5S.HI/c1-5-22-21(23-14-20-24-15(2)17(4)27-20)25-16(3)18-9-8-10-19(13-18)26-11-6-7-12-26;/h8-10,13,16H,5-7,11-12,14H2,1-4H3,(H2,22,23,25);1H. The summed E-state index contributed by atoms with van der Waals surface area (Å²) in [6, 6.07) is 9.06. The van der Waals surface area contributed by atoms with E-state index in [2.05, 4.69) is 72.5 Å². The second-order valence-corrected chi connectivity index (χ2v) is 8.39. The van der Waals surface area contributed by atoms with Crippen LogP contribution in [0.15, 0.2) is 29.3 Å². The first-order valence-corrected chi connectivity index (χ1v) is 10.7. The summed E-state index contributed by atoms with van der Waals surface area (Å²) in [5.74, 6) is 0.835. The number of guanidine groups is 1. The Kier molecular flexibility index (Phi) is 9.01. The van der Waals surface area contributed by atoms with Crippen molar-refractivity contribution in [3.63, 3.8) is 0 Å². The van der Waals surface area contributed by atoms with Gasteiger partial charge in [-0.1, -0.05) is 12.1 Å². The number of nitrogens with zero attached hydrogens (tertiary/aromatic N) is 3. The molecule has 2 heterocycles. The maximum absolute atomic E-state index is 4.74. The molecule has 1 aliphatic heterocycles. The highest BCUT2D eigenvalue weighted by atomic mass is 127. The molecule has 1 atom stereocenters. The fourth-order valence-electron chi connectivity index (χ4n) is 3.33. The Hall–Kier alpha value is -1.35. The van der Waals surface area contributed by atoms with Crippen LogP contribution in [0.25, 0.3) is 0 Å². The third kappa shape index (κ3) is 6.07. The average molecular weight is 513 g/mol. The molecule has 154 valence electrons. The van der Waals surface area contributed by atoms with E-state index in [1.165, 1.54) is 42.1 Å².